The van der Waals surface area contributed by atoms with Crippen molar-refractivity contribution in [2.24, 2.45) is 10.8 Å². The van der Waals surface area contributed by atoms with Crippen molar-refractivity contribution in [1.82, 2.24) is 10.1 Å². The molecular weight excluding hydrogens is 535 g/mol. The van der Waals surface area contributed by atoms with Crippen LogP contribution < -0.4 is 0 Å². The van der Waals surface area contributed by atoms with Crippen LogP contribution in [0.5, 0.6) is 0 Å². The van der Waals surface area contributed by atoms with Crippen LogP contribution in [0.3, 0.4) is 0 Å². The average Bonchev–Trinajstić information content (AvgIpc) is 3.76. The SMILES string of the molecule is Cc1cc(-c2c(C)noc2C)ccc1S(=O)(=O)[C@@H]1C[C@@H](C(=O)CC2(C#N)CC2)N(C(=O)C2(C(F)(F)F)CC2)C1. The molecule has 3 aliphatic rings. The molecular formula is C27H28F3N3O5S. The normalized spacial score (nSPS) is 23.4. The molecule has 1 aromatic carbocycles. The molecule has 39 heavy (non-hydrogen) atoms. The summed E-state index contributed by atoms with van der Waals surface area (Å²) in [7, 11) is -4.13. The average molecular weight is 564 g/mol. The zero-order valence-corrected chi connectivity index (χ0v) is 22.6. The van der Waals surface area contributed by atoms with E-state index in [-0.39, 0.29) is 17.7 Å². The van der Waals surface area contributed by atoms with E-state index in [1.807, 2.05) is 0 Å². The summed E-state index contributed by atoms with van der Waals surface area (Å²) in [6.07, 6.45) is -5.14. The monoisotopic (exact) mass is 563 g/mol. The first-order valence-electron chi connectivity index (χ1n) is 12.8. The van der Waals surface area contributed by atoms with Crippen molar-refractivity contribution in [3.8, 4) is 17.2 Å². The Balaban J connectivity index is 1.47. The maximum atomic E-state index is 13.8. The molecule has 2 heterocycles. The number of Topliss-reactive ketones (excluding diaryl/α,β-unsaturated/α-hetero) is 1. The van der Waals surface area contributed by atoms with Crippen molar-refractivity contribution in [2.75, 3.05) is 6.54 Å². The number of amides is 1. The molecule has 3 fully saturated rings. The van der Waals surface area contributed by atoms with Crippen molar-refractivity contribution in [3.05, 3.63) is 35.2 Å². The van der Waals surface area contributed by atoms with Crippen molar-refractivity contribution >= 4 is 21.5 Å². The maximum absolute atomic E-state index is 13.8. The summed E-state index contributed by atoms with van der Waals surface area (Å²) in [6.45, 7) is 4.60. The molecule has 2 atom stereocenters. The number of hydrogen-bond donors (Lipinski definition) is 0. The molecule has 2 aromatic rings. The van der Waals surface area contributed by atoms with Gasteiger partial charge >= 0.3 is 6.18 Å². The number of halogens is 3. The smallest absolute Gasteiger partial charge is 0.361 e. The number of aromatic nitrogens is 1. The lowest BCUT2D eigenvalue weighted by molar-refractivity contribution is -0.199. The van der Waals surface area contributed by atoms with Gasteiger partial charge in [0.2, 0.25) is 5.91 Å². The molecule has 1 aliphatic heterocycles. The molecule has 8 nitrogen and oxygen atoms in total. The number of benzene rings is 1. The van der Waals surface area contributed by atoms with E-state index < -0.39 is 69.2 Å². The Labute approximate surface area is 224 Å². The van der Waals surface area contributed by atoms with E-state index in [4.69, 9.17) is 4.52 Å². The first-order valence-corrected chi connectivity index (χ1v) is 14.3. The molecule has 12 heteroatoms. The molecule has 2 saturated carbocycles. The second-order valence-electron chi connectivity index (χ2n) is 11.2. The Hall–Kier alpha value is -3.20. The Morgan fingerprint density at radius 2 is 1.85 bits per heavy atom. The number of alkyl halides is 3. The minimum atomic E-state index is -4.80. The highest BCUT2D eigenvalue weighted by atomic mass is 32.2. The van der Waals surface area contributed by atoms with Crippen LogP contribution in [0.1, 0.15) is 55.5 Å². The molecule has 0 spiro atoms. The number of sulfone groups is 1. The Morgan fingerprint density at radius 3 is 2.33 bits per heavy atom. The number of carbonyl (C=O) groups excluding carboxylic acids is 2. The number of carbonyl (C=O) groups is 2. The topological polar surface area (TPSA) is 121 Å². The van der Waals surface area contributed by atoms with Gasteiger partial charge in [-0.3, -0.25) is 9.59 Å². The Kier molecular flexibility index (Phi) is 6.25. The van der Waals surface area contributed by atoms with Gasteiger partial charge in [0.1, 0.15) is 11.2 Å². The van der Waals surface area contributed by atoms with Crippen LogP contribution in [0, 0.1) is 42.9 Å². The van der Waals surface area contributed by atoms with Gasteiger partial charge in [-0.1, -0.05) is 11.2 Å². The fourth-order valence-corrected chi connectivity index (χ4v) is 7.62. The van der Waals surface area contributed by atoms with E-state index in [9.17, 15) is 36.4 Å². The standard InChI is InChI=1S/C27H28F3N3O5S/c1-15-10-18(23-16(2)32-38-17(23)3)4-5-22(15)39(36,37)19-11-20(21(34)12-25(14-31)6-7-25)33(13-19)24(35)26(8-9-26)27(28,29)30/h4-5,10,19-20H,6-9,11-13H2,1-3H3/t19-,20+/m1/s1. The summed E-state index contributed by atoms with van der Waals surface area (Å²) in [6, 6.07) is 5.47. The first kappa shape index (κ1) is 27.4. The predicted molar refractivity (Wildman–Crippen MR) is 132 cm³/mol. The van der Waals surface area contributed by atoms with E-state index in [0.29, 0.717) is 35.4 Å². The Bertz CT molecular complexity index is 1490. The molecule has 1 aromatic heterocycles. The van der Waals surface area contributed by atoms with Crippen LogP contribution in [0.4, 0.5) is 13.2 Å². The summed E-state index contributed by atoms with van der Waals surface area (Å²) in [5, 5.41) is 12.1. The maximum Gasteiger partial charge on any atom is 0.403 e. The number of hydrogen-bond acceptors (Lipinski definition) is 7. The van der Waals surface area contributed by atoms with Gasteiger partial charge in [0.25, 0.3) is 0 Å². The highest BCUT2D eigenvalue weighted by molar-refractivity contribution is 7.92. The fourth-order valence-electron chi connectivity index (χ4n) is 5.70. The van der Waals surface area contributed by atoms with Gasteiger partial charge < -0.3 is 9.42 Å². The first-order chi connectivity index (χ1) is 18.2. The van der Waals surface area contributed by atoms with Gasteiger partial charge in [0.15, 0.2) is 15.6 Å². The molecule has 0 radical (unpaired) electrons. The number of likely N-dealkylation sites (tertiary alicyclic amines) is 1. The van der Waals surface area contributed by atoms with Crippen LogP contribution in [0.25, 0.3) is 11.1 Å². The van der Waals surface area contributed by atoms with E-state index in [1.165, 1.54) is 6.07 Å². The number of nitriles is 1. The van der Waals surface area contributed by atoms with Crippen LogP contribution in [0.15, 0.2) is 27.6 Å². The third-order valence-corrected chi connectivity index (χ3v) is 10.7. The minimum Gasteiger partial charge on any atom is -0.361 e. The van der Waals surface area contributed by atoms with Crippen molar-refractivity contribution < 1.29 is 35.7 Å². The molecule has 0 N–H and O–H groups in total. The van der Waals surface area contributed by atoms with Gasteiger partial charge in [-0.05, 0) is 76.1 Å². The van der Waals surface area contributed by atoms with Crippen molar-refractivity contribution in [2.45, 2.75) is 81.7 Å². The zero-order chi connectivity index (χ0) is 28.5. The molecule has 1 saturated heterocycles. The van der Waals surface area contributed by atoms with Crippen molar-refractivity contribution in [3.63, 3.8) is 0 Å². The highest BCUT2D eigenvalue weighted by Crippen LogP contribution is 2.59. The lowest BCUT2D eigenvalue weighted by Gasteiger charge is -2.29. The van der Waals surface area contributed by atoms with E-state index in [1.54, 1.807) is 32.9 Å². The number of ketones is 1. The molecule has 1 amide bonds. The van der Waals surface area contributed by atoms with E-state index >= 15 is 0 Å². The zero-order valence-electron chi connectivity index (χ0n) is 21.8. The molecule has 208 valence electrons. The van der Waals surface area contributed by atoms with Gasteiger partial charge in [0.05, 0.1) is 33.4 Å². The largest absolute Gasteiger partial charge is 0.403 e. The number of nitrogens with zero attached hydrogens (tertiary/aromatic N) is 3. The molecule has 5 rings (SSSR count). The van der Waals surface area contributed by atoms with Gasteiger partial charge in [-0.2, -0.15) is 18.4 Å². The molecule has 0 unspecified atom stereocenters. The van der Waals surface area contributed by atoms with Gasteiger partial charge in [-0.25, -0.2) is 8.42 Å². The fraction of sp³-hybridized carbons (Fsp3) is 0.556. The summed E-state index contributed by atoms with van der Waals surface area (Å²) >= 11 is 0. The molecule has 0 bridgehead atoms. The third kappa shape index (κ3) is 4.44. The van der Waals surface area contributed by atoms with Gasteiger partial charge in [0, 0.05) is 18.5 Å². The lowest BCUT2D eigenvalue weighted by atomic mass is 9.95. The second kappa shape index (κ2) is 8.91. The molecule has 2 aliphatic carbocycles. The van der Waals surface area contributed by atoms with E-state index in [0.717, 1.165) is 10.5 Å². The highest BCUT2D eigenvalue weighted by Gasteiger charge is 2.70. The van der Waals surface area contributed by atoms with Crippen LogP contribution in [-0.2, 0) is 19.4 Å². The summed E-state index contributed by atoms with van der Waals surface area (Å²) in [5.41, 5.74) is -0.976. The summed E-state index contributed by atoms with van der Waals surface area (Å²) < 4.78 is 74.2. The summed E-state index contributed by atoms with van der Waals surface area (Å²) in [4.78, 5) is 27.3. The number of rotatable bonds is 7. The third-order valence-electron chi connectivity index (χ3n) is 8.44. The van der Waals surface area contributed by atoms with Crippen molar-refractivity contribution in [1.29, 1.82) is 5.26 Å². The second-order valence-corrected chi connectivity index (χ2v) is 13.4. The van der Waals surface area contributed by atoms with Crippen LogP contribution >= 0.6 is 0 Å². The van der Waals surface area contributed by atoms with Crippen LogP contribution in [-0.4, -0.2) is 54.2 Å². The number of aryl methyl sites for hydroxylation is 3. The van der Waals surface area contributed by atoms with E-state index in [2.05, 4.69) is 11.2 Å². The quantitative estimate of drug-likeness (QED) is 0.482. The summed E-state index contributed by atoms with van der Waals surface area (Å²) in [5.74, 6) is -1.25. The minimum absolute atomic E-state index is 0.0175. The lowest BCUT2D eigenvalue weighted by Crippen LogP contribution is -2.49. The Morgan fingerprint density at radius 1 is 1.18 bits per heavy atom. The van der Waals surface area contributed by atoms with Crippen LogP contribution in [0.2, 0.25) is 0 Å². The predicted octanol–water partition coefficient (Wildman–Crippen LogP) is 4.62. The van der Waals surface area contributed by atoms with Gasteiger partial charge in [-0.15, -0.1) is 0 Å².